The van der Waals surface area contributed by atoms with Crippen LogP contribution in [-0.2, 0) is 16.4 Å². The van der Waals surface area contributed by atoms with Crippen molar-refractivity contribution in [2.45, 2.75) is 11.3 Å². The summed E-state index contributed by atoms with van der Waals surface area (Å²) in [4.78, 5) is 1.23. The molecule has 2 aromatic heterocycles. The highest BCUT2D eigenvalue weighted by Gasteiger charge is 2.33. The second-order valence-corrected chi connectivity index (χ2v) is 8.86. The standard InChI is InChI=1S/C20H14N2O2S2/c23-26(24,15-8-2-1-3-9-15)22-20-16-10-5-4-7-14(16)13-17(20)19(21-22)18-11-6-12-25-18/h1-12H,13H2. The van der Waals surface area contributed by atoms with Gasteiger partial charge in [0.15, 0.2) is 0 Å². The van der Waals surface area contributed by atoms with Crippen LogP contribution in [0.3, 0.4) is 0 Å². The first kappa shape index (κ1) is 15.5. The zero-order valence-electron chi connectivity index (χ0n) is 13.7. The summed E-state index contributed by atoms with van der Waals surface area (Å²) in [6, 6.07) is 20.3. The van der Waals surface area contributed by atoms with Crippen LogP contribution in [0.15, 0.2) is 77.0 Å². The topological polar surface area (TPSA) is 52.0 Å². The van der Waals surface area contributed by atoms with Gasteiger partial charge < -0.3 is 0 Å². The molecule has 0 unspecified atom stereocenters. The maximum atomic E-state index is 13.3. The summed E-state index contributed by atoms with van der Waals surface area (Å²) in [7, 11) is -3.77. The largest absolute Gasteiger partial charge is 0.283 e. The Morgan fingerprint density at radius 2 is 1.69 bits per heavy atom. The van der Waals surface area contributed by atoms with Crippen molar-refractivity contribution < 1.29 is 8.42 Å². The molecule has 0 aliphatic heterocycles. The van der Waals surface area contributed by atoms with Crippen molar-refractivity contribution in [2.24, 2.45) is 0 Å². The average molecular weight is 378 g/mol. The fourth-order valence-electron chi connectivity index (χ4n) is 3.44. The summed E-state index contributed by atoms with van der Waals surface area (Å²) in [6.45, 7) is 0. The van der Waals surface area contributed by atoms with E-state index >= 15 is 0 Å². The normalized spacial score (nSPS) is 12.8. The van der Waals surface area contributed by atoms with Gasteiger partial charge in [0.1, 0.15) is 5.69 Å². The van der Waals surface area contributed by atoms with E-state index < -0.39 is 10.0 Å². The minimum absolute atomic E-state index is 0.243. The molecule has 1 aliphatic rings. The predicted molar refractivity (Wildman–Crippen MR) is 103 cm³/mol. The Labute approximate surface area is 155 Å². The highest BCUT2D eigenvalue weighted by molar-refractivity contribution is 7.90. The summed E-state index contributed by atoms with van der Waals surface area (Å²) < 4.78 is 27.8. The molecule has 0 radical (unpaired) electrons. The van der Waals surface area contributed by atoms with E-state index in [1.165, 1.54) is 4.09 Å². The number of fused-ring (bicyclic) bond motifs is 3. The van der Waals surface area contributed by atoms with Gasteiger partial charge in [-0.1, -0.05) is 48.5 Å². The second-order valence-electron chi connectivity index (χ2n) is 6.15. The van der Waals surface area contributed by atoms with Crippen LogP contribution in [0.25, 0.3) is 21.8 Å². The summed E-state index contributed by atoms with van der Waals surface area (Å²) in [5, 5.41) is 6.54. The van der Waals surface area contributed by atoms with E-state index in [0.717, 1.165) is 27.3 Å². The van der Waals surface area contributed by atoms with Crippen LogP contribution in [0.2, 0.25) is 0 Å². The van der Waals surface area contributed by atoms with Gasteiger partial charge in [0.2, 0.25) is 0 Å². The lowest BCUT2D eigenvalue weighted by atomic mass is 10.1. The van der Waals surface area contributed by atoms with Crippen molar-refractivity contribution >= 4 is 21.4 Å². The molecular weight excluding hydrogens is 364 g/mol. The molecule has 0 N–H and O–H groups in total. The molecule has 6 heteroatoms. The number of aromatic nitrogens is 2. The molecule has 4 nitrogen and oxygen atoms in total. The van der Waals surface area contributed by atoms with E-state index in [4.69, 9.17) is 0 Å². The zero-order chi connectivity index (χ0) is 17.7. The molecule has 128 valence electrons. The van der Waals surface area contributed by atoms with Gasteiger partial charge in [-0.05, 0) is 29.1 Å². The van der Waals surface area contributed by atoms with Gasteiger partial charge in [0, 0.05) is 17.5 Å². The lowest BCUT2D eigenvalue weighted by Gasteiger charge is -2.08. The van der Waals surface area contributed by atoms with Crippen LogP contribution in [0, 0.1) is 0 Å². The molecule has 4 aromatic rings. The molecule has 2 aromatic carbocycles. The first-order chi connectivity index (χ1) is 12.7. The van der Waals surface area contributed by atoms with Crippen molar-refractivity contribution in [1.82, 2.24) is 9.19 Å². The van der Waals surface area contributed by atoms with Gasteiger partial charge in [0.25, 0.3) is 10.0 Å². The van der Waals surface area contributed by atoms with Crippen molar-refractivity contribution in [3.8, 4) is 21.8 Å². The van der Waals surface area contributed by atoms with Crippen molar-refractivity contribution in [2.75, 3.05) is 0 Å². The molecule has 5 rings (SSSR count). The Morgan fingerprint density at radius 1 is 0.923 bits per heavy atom. The van der Waals surface area contributed by atoms with E-state index in [0.29, 0.717) is 12.1 Å². The first-order valence-corrected chi connectivity index (χ1v) is 10.5. The van der Waals surface area contributed by atoms with Crippen LogP contribution in [0.4, 0.5) is 0 Å². The van der Waals surface area contributed by atoms with Gasteiger partial charge in [-0.25, -0.2) is 0 Å². The van der Waals surface area contributed by atoms with Crippen molar-refractivity contribution in [1.29, 1.82) is 0 Å². The number of benzene rings is 2. The smallest absolute Gasteiger partial charge is 0.199 e. The van der Waals surface area contributed by atoms with Gasteiger partial charge in [-0.3, -0.25) is 0 Å². The van der Waals surface area contributed by atoms with Gasteiger partial charge in [0.05, 0.1) is 15.5 Å². The number of hydrogen-bond acceptors (Lipinski definition) is 4. The highest BCUT2D eigenvalue weighted by Crippen LogP contribution is 2.43. The number of rotatable bonds is 3. The summed E-state index contributed by atoms with van der Waals surface area (Å²) in [5.41, 5.74) is 4.50. The summed E-state index contributed by atoms with van der Waals surface area (Å²) >= 11 is 1.57. The molecule has 0 spiro atoms. The van der Waals surface area contributed by atoms with Crippen LogP contribution in [0.1, 0.15) is 11.1 Å². The number of thiophene rings is 1. The number of hydrogen-bond donors (Lipinski definition) is 0. The van der Waals surface area contributed by atoms with E-state index in [1.807, 2.05) is 41.8 Å². The van der Waals surface area contributed by atoms with Gasteiger partial charge in [-0.15, -0.1) is 11.3 Å². The molecular formula is C20H14N2O2S2. The van der Waals surface area contributed by atoms with Crippen molar-refractivity contribution in [3.05, 3.63) is 83.2 Å². The van der Waals surface area contributed by atoms with Crippen LogP contribution < -0.4 is 0 Å². The number of nitrogens with zero attached hydrogens (tertiary/aromatic N) is 2. The Kier molecular flexibility index (Phi) is 3.38. The minimum Gasteiger partial charge on any atom is -0.199 e. The Balaban J connectivity index is 1.82. The summed E-state index contributed by atoms with van der Waals surface area (Å²) in [5.74, 6) is 0. The lowest BCUT2D eigenvalue weighted by molar-refractivity contribution is 0.581. The molecule has 0 bridgehead atoms. The summed E-state index contributed by atoms with van der Waals surface area (Å²) in [6.07, 6.45) is 0.697. The predicted octanol–water partition coefficient (Wildman–Crippen LogP) is 4.42. The first-order valence-electron chi connectivity index (χ1n) is 8.21. The fraction of sp³-hybridized carbons (Fsp3) is 0.0500. The Bertz CT molecular complexity index is 1210. The second kappa shape index (κ2) is 5.65. The molecule has 0 atom stereocenters. The molecule has 26 heavy (non-hydrogen) atoms. The molecule has 1 aliphatic carbocycles. The van der Waals surface area contributed by atoms with E-state index in [2.05, 4.69) is 5.10 Å². The van der Waals surface area contributed by atoms with Crippen LogP contribution >= 0.6 is 11.3 Å². The lowest BCUT2D eigenvalue weighted by Crippen LogP contribution is -2.15. The van der Waals surface area contributed by atoms with Crippen molar-refractivity contribution in [3.63, 3.8) is 0 Å². The maximum absolute atomic E-state index is 13.3. The monoisotopic (exact) mass is 378 g/mol. The third-order valence-corrected chi connectivity index (χ3v) is 7.08. The Hall–Kier alpha value is -2.70. The molecule has 0 saturated carbocycles. The van der Waals surface area contributed by atoms with Gasteiger partial charge in [-0.2, -0.15) is 17.6 Å². The average Bonchev–Trinajstić information content (AvgIpc) is 3.38. The van der Waals surface area contributed by atoms with Crippen LogP contribution in [-0.4, -0.2) is 17.6 Å². The quantitative estimate of drug-likeness (QED) is 0.467. The third kappa shape index (κ3) is 2.19. The van der Waals surface area contributed by atoms with E-state index in [1.54, 1.807) is 41.7 Å². The molecule has 0 saturated heterocycles. The van der Waals surface area contributed by atoms with Gasteiger partial charge >= 0.3 is 0 Å². The molecule has 0 amide bonds. The highest BCUT2D eigenvalue weighted by atomic mass is 32.2. The van der Waals surface area contributed by atoms with E-state index in [9.17, 15) is 8.42 Å². The maximum Gasteiger partial charge on any atom is 0.283 e. The fourth-order valence-corrected chi connectivity index (χ4v) is 5.51. The minimum atomic E-state index is -3.77. The molecule has 2 heterocycles. The Morgan fingerprint density at radius 3 is 2.46 bits per heavy atom. The zero-order valence-corrected chi connectivity index (χ0v) is 15.3. The van der Waals surface area contributed by atoms with Crippen LogP contribution in [0.5, 0.6) is 0 Å². The third-order valence-electron chi connectivity index (χ3n) is 4.62. The molecule has 0 fully saturated rings. The SMILES string of the molecule is O=S(=O)(c1ccccc1)n1nc(-c2cccs2)c2c1-c1ccccc1C2. The van der Waals surface area contributed by atoms with E-state index in [-0.39, 0.29) is 4.90 Å².